The molecule has 0 saturated carbocycles. The molecule has 2 heteroatoms. The lowest BCUT2D eigenvalue weighted by Gasteiger charge is -2.39. The second kappa shape index (κ2) is 7.37. The molecule has 0 saturated heterocycles. The van der Waals surface area contributed by atoms with Crippen LogP contribution in [0.25, 0.3) is 0 Å². The summed E-state index contributed by atoms with van der Waals surface area (Å²) in [5, 5.41) is 0. The first-order chi connectivity index (χ1) is 11.3. The van der Waals surface area contributed by atoms with Crippen LogP contribution in [0.3, 0.4) is 0 Å². The van der Waals surface area contributed by atoms with E-state index in [4.69, 9.17) is 0 Å². The van der Waals surface area contributed by atoms with Crippen molar-refractivity contribution in [2.75, 3.05) is 5.75 Å². The van der Waals surface area contributed by atoms with Crippen LogP contribution in [0.15, 0.2) is 91.0 Å². The van der Waals surface area contributed by atoms with Crippen molar-refractivity contribution in [1.82, 2.24) is 0 Å². The molecule has 3 aromatic carbocycles. The molecule has 1 unspecified atom stereocenters. The predicted molar refractivity (Wildman–Crippen MR) is 106 cm³/mol. The number of thiol groups is 1. The highest BCUT2D eigenvalue weighted by Gasteiger charge is 2.41. The van der Waals surface area contributed by atoms with Crippen molar-refractivity contribution in [2.45, 2.75) is 10.2 Å². The number of benzene rings is 3. The molecule has 0 radical (unpaired) electrons. The number of hydrogen-bond donors (Lipinski definition) is 1. The second-order valence-corrected chi connectivity index (χ2v) is 7.03. The monoisotopic (exact) mass is 382 g/mol. The van der Waals surface area contributed by atoms with E-state index < -0.39 is 0 Å². The van der Waals surface area contributed by atoms with Gasteiger partial charge >= 0.3 is 0 Å². The van der Waals surface area contributed by atoms with Crippen molar-refractivity contribution in [3.63, 3.8) is 0 Å². The molecule has 3 rings (SSSR count). The molecule has 0 aliphatic rings. The van der Waals surface area contributed by atoms with Crippen molar-refractivity contribution in [2.24, 2.45) is 0 Å². The van der Waals surface area contributed by atoms with Crippen LogP contribution in [0.2, 0.25) is 0 Å². The van der Waals surface area contributed by atoms with Gasteiger partial charge in [-0.05, 0) is 16.7 Å². The maximum atomic E-state index is 4.61. The largest absolute Gasteiger partial charge is 0.178 e. The fraction of sp³-hybridized carbons (Fsp3) is 0.143. The second-order valence-electron chi connectivity index (χ2n) is 5.56. The third-order valence-corrected chi connectivity index (χ3v) is 6.19. The molecule has 23 heavy (non-hydrogen) atoms. The molecule has 0 bridgehead atoms. The van der Waals surface area contributed by atoms with Gasteiger partial charge < -0.3 is 0 Å². The smallest absolute Gasteiger partial charge is 0.0583 e. The molecule has 0 aliphatic heterocycles. The fourth-order valence-corrected chi connectivity index (χ4v) is 4.35. The lowest BCUT2D eigenvalue weighted by Crippen LogP contribution is -2.39. The average molecular weight is 383 g/mol. The van der Waals surface area contributed by atoms with Crippen LogP contribution in [-0.4, -0.2) is 10.6 Å². The molecule has 1 atom stereocenters. The van der Waals surface area contributed by atoms with Crippen LogP contribution in [0.4, 0.5) is 0 Å². The van der Waals surface area contributed by atoms with Crippen molar-refractivity contribution in [3.05, 3.63) is 108 Å². The van der Waals surface area contributed by atoms with Gasteiger partial charge in [0.15, 0.2) is 0 Å². The van der Waals surface area contributed by atoms with E-state index in [2.05, 4.69) is 120 Å². The molecule has 3 aromatic rings. The van der Waals surface area contributed by atoms with E-state index in [1.165, 1.54) is 16.7 Å². The number of rotatable bonds is 5. The SMILES string of the molecule is SCC(Br)C(c1ccccc1)(c1ccccc1)c1ccccc1. The summed E-state index contributed by atoms with van der Waals surface area (Å²) in [6, 6.07) is 32.1. The Kier molecular flexibility index (Phi) is 5.24. The standard InChI is InChI=1S/C21H19BrS/c22-20(16-23)21(17-10-4-1-5-11-17,18-12-6-2-7-13-18)19-14-8-3-9-15-19/h1-15,20,23H,16H2. The molecule has 0 fully saturated rings. The number of halogens is 1. The molecule has 0 amide bonds. The zero-order valence-electron chi connectivity index (χ0n) is 12.8. The fourth-order valence-electron chi connectivity index (χ4n) is 3.28. The van der Waals surface area contributed by atoms with Crippen molar-refractivity contribution >= 4 is 28.6 Å². The Hall–Kier alpha value is -1.51. The van der Waals surface area contributed by atoms with Gasteiger partial charge in [0.1, 0.15) is 0 Å². The molecule has 0 nitrogen and oxygen atoms in total. The lowest BCUT2D eigenvalue weighted by atomic mass is 9.67. The number of alkyl halides is 1. The molecular weight excluding hydrogens is 364 g/mol. The Labute approximate surface area is 152 Å². The highest BCUT2D eigenvalue weighted by Crippen LogP contribution is 2.45. The van der Waals surface area contributed by atoms with Gasteiger partial charge in [-0.25, -0.2) is 0 Å². The molecular formula is C21H19BrS. The first kappa shape index (κ1) is 16.4. The summed E-state index contributed by atoms with van der Waals surface area (Å²) in [6.07, 6.45) is 0. The Bertz CT molecular complexity index is 629. The molecule has 0 heterocycles. The zero-order chi connectivity index (χ0) is 16.1. The minimum absolute atomic E-state index is 0.172. The van der Waals surface area contributed by atoms with Gasteiger partial charge in [0.2, 0.25) is 0 Å². The van der Waals surface area contributed by atoms with Crippen LogP contribution in [0.5, 0.6) is 0 Å². The van der Waals surface area contributed by atoms with Crippen molar-refractivity contribution < 1.29 is 0 Å². The Balaban J connectivity index is 2.35. The van der Waals surface area contributed by atoms with E-state index in [-0.39, 0.29) is 10.2 Å². The summed E-state index contributed by atoms with van der Waals surface area (Å²) in [6.45, 7) is 0. The van der Waals surface area contributed by atoms with Crippen LogP contribution in [0, 0.1) is 0 Å². The zero-order valence-corrected chi connectivity index (χ0v) is 15.3. The van der Waals surface area contributed by atoms with E-state index in [9.17, 15) is 0 Å². The average Bonchev–Trinajstić information content (AvgIpc) is 2.65. The first-order valence-electron chi connectivity index (χ1n) is 7.71. The molecule has 0 aromatic heterocycles. The summed E-state index contributed by atoms with van der Waals surface area (Å²) >= 11 is 8.55. The van der Waals surface area contributed by atoms with Gasteiger partial charge in [-0.3, -0.25) is 0 Å². The van der Waals surface area contributed by atoms with E-state index in [1.807, 2.05) is 0 Å². The molecule has 0 aliphatic carbocycles. The summed E-state index contributed by atoms with van der Waals surface area (Å²) in [5.41, 5.74) is 3.54. The maximum Gasteiger partial charge on any atom is 0.0583 e. The van der Waals surface area contributed by atoms with E-state index in [0.717, 1.165) is 5.75 Å². The highest BCUT2D eigenvalue weighted by molar-refractivity contribution is 9.09. The van der Waals surface area contributed by atoms with Crippen molar-refractivity contribution in [1.29, 1.82) is 0 Å². The Morgan fingerprint density at radius 2 is 0.957 bits per heavy atom. The van der Waals surface area contributed by atoms with Crippen LogP contribution in [-0.2, 0) is 5.41 Å². The topological polar surface area (TPSA) is 0 Å². The van der Waals surface area contributed by atoms with Crippen molar-refractivity contribution in [3.8, 4) is 0 Å². The van der Waals surface area contributed by atoms with Gasteiger partial charge in [-0.15, -0.1) is 0 Å². The maximum absolute atomic E-state index is 4.61. The van der Waals surface area contributed by atoms with Crippen LogP contribution >= 0.6 is 28.6 Å². The summed E-state index contributed by atoms with van der Waals surface area (Å²) in [5.74, 6) is 0.735. The van der Waals surface area contributed by atoms with Gasteiger partial charge in [0.05, 0.1) is 5.41 Å². The van der Waals surface area contributed by atoms with Gasteiger partial charge in [-0.1, -0.05) is 107 Å². The minimum atomic E-state index is -0.272. The Morgan fingerprint density at radius 3 is 1.22 bits per heavy atom. The minimum Gasteiger partial charge on any atom is -0.178 e. The third-order valence-electron chi connectivity index (χ3n) is 4.32. The van der Waals surface area contributed by atoms with E-state index >= 15 is 0 Å². The highest BCUT2D eigenvalue weighted by atomic mass is 79.9. The third kappa shape index (κ3) is 2.98. The van der Waals surface area contributed by atoms with Gasteiger partial charge in [0.25, 0.3) is 0 Å². The molecule has 0 N–H and O–H groups in total. The summed E-state index contributed by atoms with van der Waals surface area (Å²) in [7, 11) is 0. The first-order valence-corrected chi connectivity index (χ1v) is 9.26. The molecule has 0 spiro atoms. The summed E-state index contributed by atoms with van der Waals surface area (Å²) < 4.78 is 0. The van der Waals surface area contributed by atoms with E-state index in [1.54, 1.807) is 0 Å². The normalized spacial score (nSPS) is 12.8. The number of hydrogen-bond acceptors (Lipinski definition) is 1. The van der Waals surface area contributed by atoms with Crippen LogP contribution in [0.1, 0.15) is 16.7 Å². The lowest BCUT2D eigenvalue weighted by molar-refractivity contribution is 0.622. The summed E-state index contributed by atoms with van der Waals surface area (Å²) in [4.78, 5) is 0.172. The van der Waals surface area contributed by atoms with Gasteiger partial charge in [0, 0.05) is 10.6 Å². The predicted octanol–water partition coefficient (Wildman–Crippen LogP) is 5.71. The van der Waals surface area contributed by atoms with E-state index in [0.29, 0.717) is 0 Å². The molecule has 116 valence electrons. The van der Waals surface area contributed by atoms with Gasteiger partial charge in [-0.2, -0.15) is 12.6 Å². The quantitative estimate of drug-likeness (QED) is 0.325. The van der Waals surface area contributed by atoms with Crippen LogP contribution < -0.4 is 0 Å². The Morgan fingerprint density at radius 1 is 0.652 bits per heavy atom.